The minimum Gasteiger partial charge on any atom is -0.493 e. The van der Waals surface area contributed by atoms with Gasteiger partial charge in [-0.2, -0.15) is 0 Å². The molecule has 0 fully saturated rings. The summed E-state index contributed by atoms with van der Waals surface area (Å²) in [6.07, 6.45) is 0.549. The fraction of sp³-hybridized carbons (Fsp3) is 0.533. The van der Waals surface area contributed by atoms with E-state index in [-0.39, 0.29) is 5.78 Å². The predicted octanol–water partition coefficient (Wildman–Crippen LogP) is 3.93. The van der Waals surface area contributed by atoms with Crippen molar-refractivity contribution in [2.45, 2.75) is 41.0 Å². The summed E-state index contributed by atoms with van der Waals surface area (Å²) >= 11 is 0. The van der Waals surface area contributed by atoms with Crippen molar-refractivity contribution in [1.82, 2.24) is 0 Å². The van der Waals surface area contributed by atoms with Crippen molar-refractivity contribution >= 4 is 5.78 Å². The van der Waals surface area contributed by atoms with Crippen LogP contribution in [0.5, 0.6) is 5.75 Å². The molecule has 17 heavy (non-hydrogen) atoms. The lowest BCUT2D eigenvalue weighted by atomic mass is 9.97. The Hall–Kier alpha value is -1.31. The molecule has 1 aromatic carbocycles. The van der Waals surface area contributed by atoms with Gasteiger partial charge in [0.2, 0.25) is 0 Å². The number of benzene rings is 1. The zero-order chi connectivity index (χ0) is 13.0. The maximum atomic E-state index is 11.8. The Bertz CT molecular complexity index is 382. The number of ketones is 1. The third kappa shape index (κ3) is 3.58. The molecule has 0 aromatic heterocycles. The maximum absolute atomic E-state index is 11.8. The maximum Gasteiger partial charge on any atom is 0.163 e. The van der Waals surface area contributed by atoms with Gasteiger partial charge in [-0.3, -0.25) is 4.79 Å². The van der Waals surface area contributed by atoms with Crippen LogP contribution in [-0.4, -0.2) is 12.4 Å². The van der Waals surface area contributed by atoms with Crippen LogP contribution in [0.4, 0.5) is 0 Å². The zero-order valence-corrected chi connectivity index (χ0v) is 11.5. The Labute approximate surface area is 104 Å². The topological polar surface area (TPSA) is 26.3 Å². The Kier molecular flexibility index (Phi) is 4.73. The van der Waals surface area contributed by atoms with E-state index in [2.05, 4.69) is 13.8 Å². The fourth-order valence-corrected chi connectivity index (χ4v) is 1.89. The minimum atomic E-state index is 0.204. The number of rotatable bonds is 5. The molecule has 0 heterocycles. The molecule has 0 aliphatic rings. The van der Waals surface area contributed by atoms with Gasteiger partial charge in [0.1, 0.15) is 5.75 Å². The number of hydrogen-bond acceptors (Lipinski definition) is 2. The predicted molar refractivity (Wildman–Crippen MR) is 70.9 cm³/mol. The highest BCUT2D eigenvalue weighted by atomic mass is 16.5. The summed E-state index contributed by atoms with van der Waals surface area (Å²) in [5.41, 5.74) is 2.87. The number of hydrogen-bond donors (Lipinski definition) is 0. The summed E-state index contributed by atoms with van der Waals surface area (Å²) in [5.74, 6) is 1.57. The van der Waals surface area contributed by atoms with E-state index in [0.717, 1.165) is 22.4 Å². The van der Waals surface area contributed by atoms with Crippen LogP contribution in [0.15, 0.2) is 12.1 Å². The molecule has 0 amide bonds. The second kappa shape index (κ2) is 5.85. The first-order valence-corrected chi connectivity index (χ1v) is 6.23. The number of carbonyl (C=O) groups excluding carboxylic acids is 1. The molecule has 2 heteroatoms. The molecule has 0 bridgehead atoms. The van der Waals surface area contributed by atoms with E-state index in [1.807, 2.05) is 32.9 Å². The largest absolute Gasteiger partial charge is 0.493 e. The van der Waals surface area contributed by atoms with Gasteiger partial charge in [0.15, 0.2) is 5.78 Å². The molecular weight excluding hydrogens is 212 g/mol. The average Bonchev–Trinajstić information content (AvgIpc) is 2.25. The van der Waals surface area contributed by atoms with E-state index < -0.39 is 0 Å². The summed E-state index contributed by atoms with van der Waals surface area (Å²) < 4.78 is 5.69. The van der Waals surface area contributed by atoms with Gasteiger partial charge in [0, 0.05) is 12.0 Å². The molecule has 0 N–H and O–H groups in total. The molecule has 0 radical (unpaired) electrons. The van der Waals surface area contributed by atoms with Crippen LogP contribution in [0.2, 0.25) is 0 Å². The van der Waals surface area contributed by atoms with Crippen LogP contribution in [0, 0.1) is 19.8 Å². The minimum absolute atomic E-state index is 0.204. The molecule has 0 saturated heterocycles. The molecule has 0 aliphatic heterocycles. The van der Waals surface area contributed by atoms with E-state index in [1.165, 1.54) is 0 Å². The van der Waals surface area contributed by atoms with Crippen molar-refractivity contribution in [3.05, 3.63) is 28.8 Å². The van der Waals surface area contributed by atoms with Gasteiger partial charge < -0.3 is 4.74 Å². The number of ether oxygens (including phenoxy) is 1. The molecule has 0 atom stereocenters. The van der Waals surface area contributed by atoms with Crippen LogP contribution in [0.25, 0.3) is 0 Å². The van der Waals surface area contributed by atoms with E-state index in [9.17, 15) is 4.79 Å². The third-order valence-electron chi connectivity index (χ3n) is 2.69. The molecule has 94 valence electrons. The lowest BCUT2D eigenvalue weighted by Crippen LogP contribution is -2.07. The van der Waals surface area contributed by atoms with E-state index >= 15 is 0 Å². The summed E-state index contributed by atoms with van der Waals surface area (Å²) in [4.78, 5) is 11.8. The summed E-state index contributed by atoms with van der Waals surface area (Å²) in [7, 11) is 0. The Morgan fingerprint density at radius 3 is 2.18 bits per heavy atom. The Morgan fingerprint density at radius 1 is 1.24 bits per heavy atom. The van der Waals surface area contributed by atoms with Crippen molar-refractivity contribution in [2.75, 3.05) is 6.61 Å². The lowest BCUT2D eigenvalue weighted by molar-refractivity contribution is 0.0987. The van der Waals surface area contributed by atoms with Crippen molar-refractivity contribution in [3.8, 4) is 5.75 Å². The van der Waals surface area contributed by atoms with Gasteiger partial charge >= 0.3 is 0 Å². The molecule has 0 saturated carbocycles. The monoisotopic (exact) mass is 234 g/mol. The Balaban J connectivity index is 2.97. The second-order valence-electron chi connectivity index (χ2n) is 4.91. The fourth-order valence-electron chi connectivity index (χ4n) is 1.89. The highest BCUT2D eigenvalue weighted by molar-refractivity contribution is 5.98. The first-order valence-electron chi connectivity index (χ1n) is 6.23. The van der Waals surface area contributed by atoms with E-state index in [4.69, 9.17) is 4.74 Å². The van der Waals surface area contributed by atoms with Crippen molar-refractivity contribution in [3.63, 3.8) is 0 Å². The quantitative estimate of drug-likeness (QED) is 0.721. The number of aryl methyl sites for hydroxylation is 2. The number of Topliss-reactive ketones (excluding diaryl/α,β-unsaturated/α-hetero) is 1. The van der Waals surface area contributed by atoms with E-state index in [0.29, 0.717) is 18.9 Å². The first-order chi connectivity index (χ1) is 7.95. The van der Waals surface area contributed by atoms with Crippen LogP contribution in [-0.2, 0) is 0 Å². The molecule has 1 rings (SSSR count). The summed E-state index contributed by atoms with van der Waals surface area (Å²) in [5, 5.41) is 0. The second-order valence-corrected chi connectivity index (χ2v) is 4.91. The molecule has 2 nitrogen and oxygen atoms in total. The number of carbonyl (C=O) groups is 1. The third-order valence-corrected chi connectivity index (χ3v) is 2.69. The van der Waals surface area contributed by atoms with Gasteiger partial charge in [-0.05, 0) is 43.0 Å². The van der Waals surface area contributed by atoms with Gasteiger partial charge in [0.25, 0.3) is 0 Å². The van der Waals surface area contributed by atoms with Gasteiger partial charge in [-0.1, -0.05) is 20.8 Å². The van der Waals surface area contributed by atoms with E-state index in [1.54, 1.807) is 0 Å². The molecular formula is C15H22O2. The highest BCUT2D eigenvalue weighted by Gasteiger charge is 2.12. The van der Waals surface area contributed by atoms with Crippen molar-refractivity contribution in [1.29, 1.82) is 0 Å². The smallest absolute Gasteiger partial charge is 0.163 e. The SMILES string of the molecule is CCC(=O)c1c(C)cc(OCC(C)C)cc1C. The lowest BCUT2D eigenvalue weighted by Gasteiger charge is -2.13. The molecule has 0 spiro atoms. The summed E-state index contributed by atoms with van der Waals surface area (Å²) in [6, 6.07) is 3.91. The molecule has 0 aliphatic carbocycles. The van der Waals surface area contributed by atoms with Crippen LogP contribution >= 0.6 is 0 Å². The van der Waals surface area contributed by atoms with Crippen molar-refractivity contribution in [2.24, 2.45) is 5.92 Å². The van der Waals surface area contributed by atoms with Gasteiger partial charge in [-0.15, -0.1) is 0 Å². The highest BCUT2D eigenvalue weighted by Crippen LogP contribution is 2.23. The average molecular weight is 234 g/mol. The van der Waals surface area contributed by atoms with Gasteiger partial charge in [0.05, 0.1) is 6.61 Å². The van der Waals surface area contributed by atoms with Crippen LogP contribution in [0.3, 0.4) is 0 Å². The van der Waals surface area contributed by atoms with Gasteiger partial charge in [-0.25, -0.2) is 0 Å². The molecule has 0 unspecified atom stereocenters. The Morgan fingerprint density at radius 2 is 1.76 bits per heavy atom. The van der Waals surface area contributed by atoms with Crippen LogP contribution < -0.4 is 4.74 Å². The molecule has 1 aromatic rings. The normalized spacial score (nSPS) is 10.7. The standard InChI is InChI=1S/C15H22O2/c1-6-14(16)15-11(4)7-13(8-12(15)5)17-9-10(2)3/h7-8,10H,6,9H2,1-5H3. The zero-order valence-electron chi connectivity index (χ0n) is 11.5. The first kappa shape index (κ1) is 13.8. The van der Waals surface area contributed by atoms with Crippen LogP contribution in [0.1, 0.15) is 48.7 Å². The summed E-state index contributed by atoms with van der Waals surface area (Å²) in [6.45, 7) is 10.8. The van der Waals surface area contributed by atoms with Crippen molar-refractivity contribution < 1.29 is 9.53 Å².